The molecule has 0 aliphatic heterocycles. The van der Waals surface area contributed by atoms with E-state index in [9.17, 15) is 24.1 Å². The monoisotopic (exact) mass is 366 g/mol. The summed E-state index contributed by atoms with van der Waals surface area (Å²) >= 11 is 5.73. The Bertz CT molecular complexity index is 836. The predicted molar refractivity (Wildman–Crippen MR) is 88.2 cm³/mol. The summed E-state index contributed by atoms with van der Waals surface area (Å²) in [4.78, 5) is 33.9. The lowest BCUT2D eigenvalue weighted by atomic mass is 10.2. The number of benzene rings is 2. The molecule has 0 aromatic heterocycles. The molecule has 7 nitrogen and oxygen atoms in total. The Morgan fingerprint density at radius 2 is 2.04 bits per heavy atom. The van der Waals surface area contributed by atoms with Gasteiger partial charge < -0.3 is 10.1 Å². The normalized spacial score (nSPS) is 10.2. The van der Waals surface area contributed by atoms with Crippen LogP contribution in [0.2, 0.25) is 5.02 Å². The van der Waals surface area contributed by atoms with E-state index in [1.54, 1.807) is 6.92 Å². The molecule has 2 aromatic carbocycles. The molecule has 130 valence electrons. The van der Waals surface area contributed by atoms with Crippen molar-refractivity contribution in [3.05, 3.63) is 68.5 Å². The minimum Gasteiger partial charge on any atom is -0.452 e. The first kappa shape index (κ1) is 18.3. The molecule has 0 spiro atoms. The number of non-ortho nitro benzene ring substituents is 1. The number of esters is 1. The highest BCUT2D eigenvalue weighted by atomic mass is 35.5. The highest BCUT2D eigenvalue weighted by molar-refractivity contribution is 6.33. The number of carbonyl (C=O) groups excluding carboxylic acids is 2. The summed E-state index contributed by atoms with van der Waals surface area (Å²) in [6.07, 6.45) is 0. The van der Waals surface area contributed by atoms with Crippen molar-refractivity contribution in [2.45, 2.75) is 6.92 Å². The zero-order valence-electron chi connectivity index (χ0n) is 12.9. The Morgan fingerprint density at radius 3 is 2.68 bits per heavy atom. The molecule has 0 heterocycles. The van der Waals surface area contributed by atoms with Crippen LogP contribution >= 0.6 is 11.6 Å². The van der Waals surface area contributed by atoms with Gasteiger partial charge in [0.05, 0.1) is 15.6 Å². The molecule has 0 aliphatic rings. The van der Waals surface area contributed by atoms with Crippen molar-refractivity contribution in [3.63, 3.8) is 0 Å². The molecule has 9 heteroatoms. The van der Waals surface area contributed by atoms with Crippen LogP contribution in [0.5, 0.6) is 0 Å². The molecule has 1 amide bonds. The molecule has 25 heavy (non-hydrogen) atoms. The smallest absolute Gasteiger partial charge is 0.343 e. The minimum absolute atomic E-state index is 0.139. The average Bonchev–Trinajstić information content (AvgIpc) is 2.54. The first-order valence-electron chi connectivity index (χ1n) is 6.95. The van der Waals surface area contributed by atoms with Crippen molar-refractivity contribution in [2.24, 2.45) is 0 Å². The number of nitro benzene ring substituents is 1. The number of halogens is 2. The number of nitrogens with zero attached hydrogens (tertiary/aromatic N) is 1. The van der Waals surface area contributed by atoms with Crippen molar-refractivity contribution in [3.8, 4) is 0 Å². The van der Waals surface area contributed by atoms with Crippen LogP contribution in [-0.4, -0.2) is 23.4 Å². The van der Waals surface area contributed by atoms with Gasteiger partial charge in [0.2, 0.25) is 0 Å². The molecular weight excluding hydrogens is 355 g/mol. The Labute approximate surface area is 146 Å². The number of aryl methyl sites for hydroxylation is 1. The fourth-order valence-electron chi connectivity index (χ4n) is 1.94. The minimum atomic E-state index is -1.09. The summed E-state index contributed by atoms with van der Waals surface area (Å²) in [6.45, 7) is 0.941. The van der Waals surface area contributed by atoms with E-state index < -0.39 is 34.8 Å². The summed E-state index contributed by atoms with van der Waals surface area (Å²) in [5, 5.41) is 13.0. The Kier molecular flexibility index (Phi) is 5.66. The van der Waals surface area contributed by atoms with Crippen LogP contribution in [-0.2, 0) is 9.53 Å². The Balaban J connectivity index is 2.03. The third kappa shape index (κ3) is 4.51. The largest absolute Gasteiger partial charge is 0.452 e. The van der Waals surface area contributed by atoms with Crippen LogP contribution in [0.15, 0.2) is 36.4 Å². The van der Waals surface area contributed by atoms with E-state index in [-0.39, 0.29) is 16.4 Å². The topological polar surface area (TPSA) is 98.5 Å². The van der Waals surface area contributed by atoms with Gasteiger partial charge in [-0.2, -0.15) is 0 Å². The predicted octanol–water partition coefficient (Wildman–Crippen LogP) is 3.49. The highest BCUT2D eigenvalue weighted by Gasteiger charge is 2.19. The zero-order valence-corrected chi connectivity index (χ0v) is 13.7. The number of nitro groups is 1. The van der Waals surface area contributed by atoms with E-state index >= 15 is 0 Å². The molecule has 0 fully saturated rings. The molecule has 2 aromatic rings. The van der Waals surface area contributed by atoms with E-state index in [4.69, 9.17) is 16.3 Å². The van der Waals surface area contributed by atoms with E-state index in [2.05, 4.69) is 5.32 Å². The zero-order chi connectivity index (χ0) is 18.6. The van der Waals surface area contributed by atoms with Crippen molar-refractivity contribution in [1.29, 1.82) is 0 Å². The lowest BCUT2D eigenvalue weighted by molar-refractivity contribution is -0.384. The summed E-state index contributed by atoms with van der Waals surface area (Å²) in [5.41, 5.74) is 0.126. The first-order valence-corrected chi connectivity index (χ1v) is 7.33. The molecule has 0 bridgehead atoms. The second-order valence-corrected chi connectivity index (χ2v) is 5.38. The highest BCUT2D eigenvalue weighted by Crippen LogP contribution is 2.22. The molecule has 0 atom stereocenters. The third-order valence-electron chi connectivity index (χ3n) is 3.21. The van der Waals surface area contributed by atoms with Gasteiger partial charge in [0.15, 0.2) is 6.61 Å². The van der Waals surface area contributed by atoms with Gasteiger partial charge in [0, 0.05) is 12.1 Å². The molecular formula is C16H12ClFN2O5. The van der Waals surface area contributed by atoms with Crippen LogP contribution in [0.3, 0.4) is 0 Å². The standard InChI is InChI=1S/C16H12ClFN2O5/c1-9-5-6-10(20(23)24)7-13(9)19-14(21)8-25-16(22)15-11(17)3-2-4-12(15)18/h2-7H,8H2,1H3,(H,19,21). The average molecular weight is 367 g/mol. The van der Waals surface area contributed by atoms with Gasteiger partial charge >= 0.3 is 5.97 Å². The van der Waals surface area contributed by atoms with Crippen LogP contribution < -0.4 is 5.32 Å². The van der Waals surface area contributed by atoms with Crippen LogP contribution in [0, 0.1) is 22.9 Å². The van der Waals surface area contributed by atoms with Gasteiger partial charge in [-0.25, -0.2) is 9.18 Å². The van der Waals surface area contributed by atoms with E-state index in [0.717, 1.165) is 6.07 Å². The van der Waals surface area contributed by atoms with E-state index in [0.29, 0.717) is 5.56 Å². The summed E-state index contributed by atoms with van der Waals surface area (Å²) in [5.74, 6) is -2.69. The Hall–Kier alpha value is -3.00. The maximum absolute atomic E-state index is 13.6. The second kappa shape index (κ2) is 7.71. The summed E-state index contributed by atoms with van der Waals surface area (Å²) in [6, 6.07) is 7.63. The number of amides is 1. The van der Waals surface area contributed by atoms with Gasteiger partial charge in [0.25, 0.3) is 11.6 Å². The molecule has 0 saturated heterocycles. The molecule has 1 N–H and O–H groups in total. The number of ether oxygens (including phenoxy) is 1. The maximum atomic E-state index is 13.6. The number of anilines is 1. The van der Waals surface area contributed by atoms with Crippen molar-refractivity contribution < 1.29 is 23.6 Å². The van der Waals surface area contributed by atoms with Gasteiger partial charge in [-0.15, -0.1) is 0 Å². The quantitative estimate of drug-likeness (QED) is 0.496. The molecule has 0 saturated carbocycles. The van der Waals surface area contributed by atoms with Gasteiger partial charge in [-0.05, 0) is 24.6 Å². The van der Waals surface area contributed by atoms with Crippen molar-refractivity contribution in [1.82, 2.24) is 0 Å². The first-order chi connectivity index (χ1) is 11.8. The lowest BCUT2D eigenvalue weighted by Gasteiger charge is -2.09. The van der Waals surface area contributed by atoms with E-state index in [1.807, 2.05) is 0 Å². The number of hydrogen-bond acceptors (Lipinski definition) is 5. The van der Waals surface area contributed by atoms with Crippen molar-refractivity contribution in [2.75, 3.05) is 11.9 Å². The van der Waals surface area contributed by atoms with Gasteiger partial charge in [-0.3, -0.25) is 14.9 Å². The van der Waals surface area contributed by atoms with Crippen molar-refractivity contribution >= 4 is 34.9 Å². The number of nitrogens with one attached hydrogen (secondary N) is 1. The number of carbonyl (C=O) groups is 2. The number of rotatable bonds is 5. The fraction of sp³-hybridized carbons (Fsp3) is 0.125. The van der Waals surface area contributed by atoms with Crippen LogP contribution in [0.25, 0.3) is 0 Å². The fourth-order valence-corrected chi connectivity index (χ4v) is 2.18. The third-order valence-corrected chi connectivity index (χ3v) is 3.52. The van der Waals surface area contributed by atoms with E-state index in [1.165, 1.54) is 30.3 Å². The maximum Gasteiger partial charge on any atom is 0.343 e. The van der Waals surface area contributed by atoms with Crippen LogP contribution in [0.4, 0.5) is 15.8 Å². The van der Waals surface area contributed by atoms with Gasteiger partial charge in [0.1, 0.15) is 11.4 Å². The summed E-state index contributed by atoms with van der Waals surface area (Å²) in [7, 11) is 0. The van der Waals surface area contributed by atoms with Gasteiger partial charge in [-0.1, -0.05) is 23.7 Å². The summed E-state index contributed by atoms with van der Waals surface area (Å²) < 4.78 is 18.3. The van der Waals surface area contributed by atoms with Crippen LogP contribution in [0.1, 0.15) is 15.9 Å². The second-order valence-electron chi connectivity index (χ2n) is 4.98. The lowest BCUT2D eigenvalue weighted by Crippen LogP contribution is -2.22. The number of hydrogen-bond donors (Lipinski definition) is 1. The SMILES string of the molecule is Cc1ccc([N+](=O)[O-])cc1NC(=O)COC(=O)c1c(F)cccc1Cl. The molecule has 0 radical (unpaired) electrons. The molecule has 0 aliphatic carbocycles. The molecule has 2 rings (SSSR count). The molecule has 0 unspecified atom stereocenters. The Morgan fingerprint density at radius 1 is 1.32 bits per heavy atom.